The SMILES string of the molecule is C[C@]12C[C@H](Oc3ccc(-c4ccc(-n5ccnc5)cc4O)nn3)C[C@](C)(C1)C(F)(F)C2. The summed E-state index contributed by atoms with van der Waals surface area (Å²) in [7, 11) is 0. The van der Waals surface area contributed by atoms with E-state index >= 15 is 0 Å². The van der Waals surface area contributed by atoms with Crippen LogP contribution < -0.4 is 4.74 Å². The number of fused-ring (bicyclic) bond motifs is 2. The predicted octanol–water partition coefficient (Wildman–Crippen LogP) is 5.02. The Labute approximate surface area is 178 Å². The monoisotopic (exact) mass is 426 g/mol. The Morgan fingerprint density at radius 1 is 1.10 bits per heavy atom. The van der Waals surface area contributed by atoms with Gasteiger partial charge in [-0.1, -0.05) is 13.8 Å². The quantitative estimate of drug-likeness (QED) is 0.634. The van der Waals surface area contributed by atoms with Crippen LogP contribution in [0.1, 0.15) is 39.5 Å². The Bertz CT molecular complexity index is 1100. The third-order valence-corrected chi connectivity index (χ3v) is 6.73. The van der Waals surface area contributed by atoms with E-state index in [1.54, 1.807) is 54.5 Å². The van der Waals surface area contributed by atoms with Crippen molar-refractivity contribution in [3.05, 3.63) is 49.1 Å². The highest BCUT2D eigenvalue weighted by Crippen LogP contribution is 2.65. The number of phenols is 1. The maximum Gasteiger partial charge on any atom is 0.254 e. The Balaban J connectivity index is 1.32. The lowest BCUT2D eigenvalue weighted by Crippen LogP contribution is -2.40. The number of hydrogen-bond acceptors (Lipinski definition) is 5. The summed E-state index contributed by atoms with van der Waals surface area (Å²) in [6.07, 6.45) is 6.09. The van der Waals surface area contributed by atoms with Crippen LogP contribution in [0, 0.1) is 10.8 Å². The van der Waals surface area contributed by atoms with Crippen LogP contribution >= 0.6 is 0 Å². The van der Waals surface area contributed by atoms with Gasteiger partial charge in [0.05, 0.1) is 17.7 Å². The number of rotatable bonds is 4. The first-order valence-corrected chi connectivity index (χ1v) is 10.4. The molecule has 3 atom stereocenters. The van der Waals surface area contributed by atoms with Gasteiger partial charge in [0.25, 0.3) is 5.92 Å². The minimum absolute atomic E-state index is 0.0705. The molecule has 5 rings (SSSR count). The number of halogens is 2. The number of imidazole rings is 1. The lowest BCUT2D eigenvalue weighted by atomic mass is 9.69. The summed E-state index contributed by atoms with van der Waals surface area (Å²) >= 11 is 0. The van der Waals surface area contributed by atoms with E-state index in [9.17, 15) is 13.9 Å². The molecule has 8 heteroatoms. The van der Waals surface area contributed by atoms with E-state index < -0.39 is 16.8 Å². The number of alkyl halides is 2. The van der Waals surface area contributed by atoms with Crippen molar-refractivity contribution in [1.29, 1.82) is 0 Å². The summed E-state index contributed by atoms with van der Waals surface area (Å²) in [5.74, 6) is -2.29. The van der Waals surface area contributed by atoms with Crippen LogP contribution in [0.4, 0.5) is 8.78 Å². The molecule has 2 fully saturated rings. The van der Waals surface area contributed by atoms with Gasteiger partial charge in [0.1, 0.15) is 11.9 Å². The molecule has 2 aliphatic rings. The maximum atomic E-state index is 14.5. The van der Waals surface area contributed by atoms with Crippen LogP contribution in [0.3, 0.4) is 0 Å². The van der Waals surface area contributed by atoms with Crippen molar-refractivity contribution in [2.75, 3.05) is 0 Å². The van der Waals surface area contributed by atoms with Gasteiger partial charge in [0.15, 0.2) is 0 Å². The highest BCUT2D eigenvalue weighted by molar-refractivity contribution is 5.68. The highest BCUT2D eigenvalue weighted by Gasteiger charge is 2.65. The minimum atomic E-state index is -2.67. The molecule has 0 amide bonds. The van der Waals surface area contributed by atoms with E-state index in [2.05, 4.69) is 15.2 Å². The molecular formula is C23H24F2N4O2. The summed E-state index contributed by atoms with van der Waals surface area (Å²) in [5.41, 5.74) is 0.352. The van der Waals surface area contributed by atoms with Crippen molar-refractivity contribution < 1.29 is 18.6 Å². The summed E-state index contributed by atoms with van der Waals surface area (Å²) in [4.78, 5) is 4.00. The zero-order valence-corrected chi connectivity index (χ0v) is 17.4. The summed E-state index contributed by atoms with van der Waals surface area (Å²) in [6.45, 7) is 3.59. The lowest BCUT2D eigenvalue weighted by molar-refractivity contribution is -0.103. The molecular weight excluding hydrogens is 402 g/mol. The fourth-order valence-electron chi connectivity index (χ4n) is 5.46. The molecule has 162 valence electrons. The predicted molar refractivity (Wildman–Crippen MR) is 110 cm³/mol. The molecule has 6 nitrogen and oxygen atoms in total. The second-order valence-corrected chi connectivity index (χ2v) is 9.51. The van der Waals surface area contributed by atoms with E-state index in [1.165, 1.54) is 0 Å². The molecule has 0 aliphatic heterocycles. The van der Waals surface area contributed by atoms with Gasteiger partial charge >= 0.3 is 0 Å². The summed E-state index contributed by atoms with van der Waals surface area (Å²) in [5, 5.41) is 18.8. The van der Waals surface area contributed by atoms with E-state index in [-0.39, 0.29) is 18.3 Å². The van der Waals surface area contributed by atoms with Crippen molar-refractivity contribution >= 4 is 0 Å². The molecule has 2 aromatic heterocycles. The second-order valence-electron chi connectivity index (χ2n) is 9.51. The molecule has 0 radical (unpaired) electrons. The fourth-order valence-corrected chi connectivity index (χ4v) is 5.46. The van der Waals surface area contributed by atoms with Gasteiger partial charge in [0.2, 0.25) is 5.88 Å². The van der Waals surface area contributed by atoms with E-state index in [4.69, 9.17) is 4.74 Å². The molecule has 2 aliphatic carbocycles. The van der Waals surface area contributed by atoms with E-state index in [1.807, 2.05) is 13.0 Å². The standard InChI is InChI=1S/C23H24F2N4O2/c1-21-10-16(11-22(2,12-21)23(24,25)13-21)31-20-6-5-18(27-28-20)17-4-3-15(9-19(17)30)29-8-7-26-14-29/h3-9,14,16,30H,10-13H2,1-2H3/t16-,21-,22+/m0/s1. The summed E-state index contributed by atoms with van der Waals surface area (Å²) in [6, 6.07) is 8.62. The molecule has 2 saturated carbocycles. The number of hydrogen-bond donors (Lipinski definition) is 1. The smallest absolute Gasteiger partial charge is 0.254 e. The molecule has 2 heterocycles. The van der Waals surface area contributed by atoms with Gasteiger partial charge in [-0.2, -0.15) is 0 Å². The van der Waals surface area contributed by atoms with Crippen molar-refractivity contribution in [3.63, 3.8) is 0 Å². The Morgan fingerprint density at radius 2 is 1.94 bits per heavy atom. The average molecular weight is 426 g/mol. The van der Waals surface area contributed by atoms with Crippen LogP contribution in [0.25, 0.3) is 16.9 Å². The second kappa shape index (κ2) is 6.73. The van der Waals surface area contributed by atoms with Crippen molar-refractivity contribution in [2.24, 2.45) is 10.8 Å². The maximum absolute atomic E-state index is 14.5. The number of aromatic hydroxyl groups is 1. The van der Waals surface area contributed by atoms with Crippen LogP contribution in [0.5, 0.6) is 11.6 Å². The van der Waals surface area contributed by atoms with Gasteiger partial charge in [-0.05, 0) is 42.9 Å². The third-order valence-electron chi connectivity index (χ3n) is 6.73. The Kier molecular flexibility index (Phi) is 4.32. The topological polar surface area (TPSA) is 73.1 Å². The van der Waals surface area contributed by atoms with Crippen LogP contribution in [-0.2, 0) is 0 Å². The van der Waals surface area contributed by atoms with Gasteiger partial charge in [-0.15, -0.1) is 10.2 Å². The zero-order valence-electron chi connectivity index (χ0n) is 17.4. The van der Waals surface area contributed by atoms with Crippen molar-refractivity contribution in [1.82, 2.24) is 19.7 Å². The first-order valence-electron chi connectivity index (χ1n) is 10.4. The lowest BCUT2D eigenvalue weighted by Gasteiger charge is -2.40. The van der Waals surface area contributed by atoms with E-state index in [0.29, 0.717) is 36.4 Å². The van der Waals surface area contributed by atoms with Gasteiger partial charge < -0.3 is 14.4 Å². The first-order chi connectivity index (χ1) is 14.7. The van der Waals surface area contributed by atoms with E-state index in [0.717, 1.165) is 5.69 Å². The minimum Gasteiger partial charge on any atom is -0.507 e. The summed E-state index contributed by atoms with van der Waals surface area (Å²) < 4.78 is 36.8. The average Bonchev–Trinajstić information content (AvgIpc) is 3.25. The van der Waals surface area contributed by atoms with Crippen LogP contribution in [-0.4, -0.2) is 36.9 Å². The highest BCUT2D eigenvalue weighted by atomic mass is 19.3. The molecule has 0 saturated heterocycles. The zero-order chi connectivity index (χ0) is 21.9. The number of phenolic OH excluding ortho intramolecular Hbond substituents is 1. The Morgan fingerprint density at radius 3 is 2.58 bits per heavy atom. The van der Waals surface area contributed by atoms with Crippen molar-refractivity contribution in [3.8, 4) is 28.6 Å². The van der Waals surface area contributed by atoms with Crippen molar-refractivity contribution in [2.45, 2.75) is 51.6 Å². The van der Waals surface area contributed by atoms with Crippen LogP contribution in [0.2, 0.25) is 0 Å². The number of benzene rings is 1. The Hall–Kier alpha value is -3.03. The van der Waals surface area contributed by atoms with Gasteiger partial charge in [0, 0.05) is 41.9 Å². The largest absolute Gasteiger partial charge is 0.507 e. The van der Waals surface area contributed by atoms with Gasteiger partial charge in [-0.25, -0.2) is 13.8 Å². The van der Waals surface area contributed by atoms with Gasteiger partial charge in [-0.3, -0.25) is 0 Å². The first kappa shape index (κ1) is 19.9. The molecule has 1 N–H and O–H groups in total. The molecule has 0 unspecified atom stereocenters. The molecule has 1 aromatic carbocycles. The molecule has 0 spiro atoms. The number of ether oxygens (including phenoxy) is 1. The van der Waals surface area contributed by atoms with Crippen LogP contribution in [0.15, 0.2) is 49.1 Å². The number of aromatic nitrogens is 4. The molecule has 2 bridgehead atoms. The molecule has 31 heavy (non-hydrogen) atoms. The normalized spacial score (nSPS) is 29.1. The molecule has 3 aromatic rings. The third kappa shape index (κ3) is 3.43. The fraction of sp³-hybridized carbons (Fsp3) is 0.435. The number of nitrogens with zero attached hydrogens (tertiary/aromatic N) is 4.